The molecule has 2 nitrogen and oxygen atoms in total. The van der Waals surface area contributed by atoms with Crippen molar-refractivity contribution in [2.75, 3.05) is 0 Å². The van der Waals surface area contributed by atoms with Gasteiger partial charge in [-0.3, -0.25) is 4.79 Å². The molecule has 0 aromatic rings. The number of rotatable bonds is 3. The van der Waals surface area contributed by atoms with Gasteiger partial charge in [-0.05, 0) is 24.8 Å². The Labute approximate surface area is 67.8 Å². The number of allylic oxidation sites excluding steroid dienone is 3. The van der Waals surface area contributed by atoms with Crippen molar-refractivity contribution in [3.05, 3.63) is 23.9 Å². The predicted octanol–water partition coefficient (Wildman–Crippen LogP) is 1.63. The zero-order valence-corrected chi connectivity index (χ0v) is 7.29. The first-order chi connectivity index (χ1) is 5.09. The van der Waals surface area contributed by atoms with Crippen molar-refractivity contribution >= 4 is 5.78 Å². The lowest BCUT2D eigenvalue weighted by molar-refractivity contribution is -0.118. The van der Waals surface area contributed by atoms with Gasteiger partial charge in [0, 0.05) is 5.92 Å². The van der Waals surface area contributed by atoms with Gasteiger partial charge in [0.2, 0.25) is 0 Å². The van der Waals surface area contributed by atoms with Gasteiger partial charge in [0.25, 0.3) is 0 Å². The molecule has 0 aromatic carbocycles. The molecule has 0 spiro atoms. The smallest absolute Gasteiger partial charge is 0.161 e. The summed E-state index contributed by atoms with van der Waals surface area (Å²) in [5.74, 6) is 0.237. The normalized spacial score (nSPS) is 12.9. The highest BCUT2D eigenvalue weighted by molar-refractivity contribution is 5.96. The van der Waals surface area contributed by atoms with Crippen LogP contribution in [-0.2, 0) is 4.79 Å². The van der Waals surface area contributed by atoms with Crippen LogP contribution in [0.4, 0.5) is 0 Å². The molecular formula is C9H15NO. The van der Waals surface area contributed by atoms with Crippen LogP contribution < -0.4 is 5.73 Å². The van der Waals surface area contributed by atoms with E-state index in [0.29, 0.717) is 0 Å². The summed E-state index contributed by atoms with van der Waals surface area (Å²) in [5.41, 5.74) is 5.87. The van der Waals surface area contributed by atoms with Crippen molar-refractivity contribution in [1.82, 2.24) is 0 Å². The monoisotopic (exact) mass is 153 g/mol. The fourth-order valence-corrected chi connectivity index (χ4v) is 0.737. The summed E-state index contributed by atoms with van der Waals surface area (Å²) in [6.07, 6.45) is 4.80. The number of ketones is 1. The molecule has 0 amide bonds. The molecule has 11 heavy (non-hydrogen) atoms. The maximum atomic E-state index is 11.2. The van der Waals surface area contributed by atoms with Crippen LogP contribution >= 0.6 is 0 Å². The molecule has 62 valence electrons. The molecule has 0 aliphatic rings. The lowest BCUT2D eigenvalue weighted by Gasteiger charge is -2.01. The molecule has 2 heteroatoms. The van der Waals surface area contributed by atoms with Gasteiger partial charge in [0.1, 0.15) is 0 Å². The zero-order chi connectivity index (χ0) is 8.85. The lowest BCUT2D eigenvalue weighted by atomic mass is 10.0. The molecule has 0 saturated heterocycles. The number of carbonyl (C=O) groups excluding carboxylic acids is 1. The standard InChI is InChI=1S/C9H15NO/c1-7(2)9(11)8(3)5-4-6-10/h4-7H,10H2,1-3H3/b6-4-,8-5-. The van der Waals surface area contributed by atoms with Crippen molar-refractivity contribution in [3.63, 3.8) is 0 Å². The molecule has 0 heterocycles. The van der Waals surface area contributed by atoms with E-state index in [-0.39, 0.29) is 11.7 Å². The van der Waals surface area contributed by atoms with Crippen molar-refractivity contribution in [2.24, 2.45) is 11.7 Å². The van der Waals surface area contributed by atoms with Gasteiger partial charge in [0.05, 0.1) is 0 Å². The molecule has 0 unspecified atom stereocenters. The topological polar surface area (TPSA) is 43.1 Å². The first kappa shape index (κ1) is 9.95. The van der Waals surface area contributed by atoms with Crippen molar-refractivity contribution < 1.29 is 4.79 Å². The van der Waals surface area contributed by atoms with Crippen LogP contribution in [0.15, 0.2) is 23.9 Å². The maximum absolute atomic E-state index is 11.2. The number of hydrogen-bond donors (Lipinski definition) is 1. The van der Waals surface area contributed by atoms with E-state index in [4.69, 9.17) is 5.73 Å². The number of carbonyl (C=O) groups is 1. The minimum atomic E-state index is 0.0671. The Bertz CT molecular complexity index is 190. The number of hydrogen-bond acceptors (Lipinski definition) is 2. The quantitative estimate of drug-likeness (QED) is 0.494. The van der Waals surface area contributed by atoms with Gasteiger partial charge in [-0.1, -0.05) is 19.9 Å². The van der Waals surface area contributed by atoms with E-state index in [1.165, 1.54) is 6.20 Å². The summed E-state index contributed by atoms with van der Waals surface area (Å²) in [6.45, 7) is 5.56. The molecule has 0 atom stereocenters. The van der Waals surface area contributed by atoms with Crippen molar-refractivity contribution in [3.8, 4) is 0 Å². The van der Waals surface area contributed by atoms with Crippen LogP contribution in [0.1, 0.15) is 20.8 Å². The summed E-state index contributed by atoms with van der Waals surface area (Å²) in [7, 11) is 0. The maximum Gasteiger partial charge on any atom is 0.161 e. The Hall–Kier alpha value is -1.05. The Morgan fingerprint density at radius 1 is 1.45 bits per heavy atom. The Morgan fingerprint density at radius 3 is 2.36 bits per heavy atom. The molecule has 0 bridgehead atoms. The number of nitrogens with two attached hydrogens (primary N) is 1. The summed E-state index contributed by atoms with van der Waals surface area (Å²) < 4.78 is 0. The Morgan fingerprint density at radius 2 is 2.00 bits per heavy atom. The number of Topliss-reactive ketones (excluding diaryl/α,β-unsaturated/α-hetero) is 1. The van der Waals surface area contributed by atoms with Gasteiger partial charge in [-0.25, -0.2) is 0 Å². The summed E-state index contributed by atoms with van der Waals surface area (Å²) in [5, 5.41) is 0. The fourth-order valence-electron chi connectivity index (χ4n) is 0.737. The Balaban J connectivity index is 4.24. The predicted molar refractivity (Wildman–Crippen MR) is 46.9 cm³/mol. The van der Waals surface area contributed by atoms with Gasteiger partial charge >= 0.3 is 0 Å². The summed E-state index contributed by atoms with van der Waals surface area (Å²) in [6, 6.07) is 0. The molecule has 0 aliphatic carbocycles. The minimum Gasteiger partial charge on any atom is -0.405 e. The van der Waals surface area contributed by atoms with E-state index in [2.05, 4.69) is 0 Å². The molecule has 0 radical (unpaired) electrons. The first-order valence-corrected chi connectivity index (χ1v) is 3.69. The zero-order valence-electron chi connectivity index (χ0n) is 7.29. The molecule has 0 rings (SSSR count). The highest BCUT2D eigenvalue weighted by Gasteiger charge is 2.07. The third kappa shape index (κ3) is 3.61. The van der Waals surface area contributed by atoms with Crippen LogP contribution in [0.5, 0.6) is 0 Å². The molecular weight excluding hydrogens is 138 g/mol. The average molecular weight is 153 g/mol. The second-order valence-corrected chi connectivity index (χ2v) is 2.75. The molecule has 0 aromatic heterocycles. The third-order valence-electron chi connectivity index (χ3n) is 1.37. The van der Waals surface area contributed by atoms with E-state index >= 15 is 0 Å². The fraction of sp³-hybridized carbons (Fsp3) is 0.444. The van der Waals surface area contributed by atoms with Crippen molar-refractivity contribution in [1.29, 1.82) is 0 Å². The minimum absolute atomic E-state index is 0.0671. The highest BCUT2D eigenvalue weighted by Crippen LogP contribution is 2.04. The molecule has 0 aliphatic heterocycles. The van der Waals surface area contributed by atoms with E-state index in [9.17, 15) is 4.79 Å². The van der Waals surface area contributed by atoms with Gasteiger partial charge in [0.15, 0.2) is 5.78 Å². The van der Waals surface area contributed by atoms with Crippen LogP contribution in [-0.4, -0.2) is 5.78 Å². The summed E-state index contributed by atoms with van der Waals surface area (Å²) >= 11 is 0. The van der Waals surface area contributed by atoms with Gasteiger partial charge in [-0.15, -0.1) is 0 Å². The first-order valence-electron chi connectivity index (χ1n) is 3.69. The average Bonchev–Trinajstić information content (AvgIpc) is 1.98. The lowest BCUT2D eigenvalue weighted by Crippen LogP contribution is -2.07. The van der Waals surface area contributed by atoms with Crippen molar-refractivity contribution in [2.45, 2.75) is 20.8 Å². The summed E-state index contributed by atoms with van der Waals surface area (Å²) in [4.78, 5) is 11.2. The van der Waals surface area contributed by atoms with E-state index < -0.39 is 0 Å². The largest absolute Gasteiger partial charge is 0.405 e. The van der Waals surface area contributed by atoms with Crippen LogP contribution in [0, 0.1) is 5.92 Å². The van der Waals surface area contributed by atoms with E-state index in [1.54, 1.807) is 19.1 Å². The van der Waals surface area contributed by atoms with E-state index in [1.807, 2.05) is 13.8 Å². The molecule has 2 N–H and O–H groups in total. The van der Waals surface area contributed by atoms with Crippen LogP contribution in [0.3, 0.4) is 0 Å². The molecule has 0 saturated carbocycles. The second kappa shape index (κ2) is 4.72. The Kier molecular flexibility index (Phi) is 4.27. The second-order valence-electron chi connectivity index (χ2n) is 2.75. The van der Waals surface area contributed by atoms with E-state index in [0.717, 1.165) is 5.57 Å². The van der Waals surface area contributed by atoms with Gasteiger partial charge < -0.3 is 5.73 Å². The van der Waals surface area contributed by atoms with Crippen LogP contribution in [0.25, 0.3) is 0 Å². The van der Waals surface area contributed by atoms with Crippen LogP contribution in [0.2, 0.25) is 0 Å². The molecule has 0 fully saturated rings. The van der Waals surface area contributed by atoms with Gasteiger partial charge in [-0.2, -0.15) is 0 Å². The SMILES string of the molecule is C/C(=C/C=C\N)C(=O)C(C)C. The highest BCUT2D eigenvalue weighted by atomic mass is 16.1. The third-order valence-corrected chi connectivity index (χ3v) is 1.37.